The van der Waals surface area contributed by atoms with Gasteiger partial charge in [0.2, 0.25) is 0 Å². The van der Waals surface area contributed by atoms with Crippen LogP contribution in [0.15, 0.2) is 60.7 Å². The normalized spacial score (nSPS) is 21.3. The maximum Gasteiger partial charge on any atom is 0.352 e. The Morgan fingerprint density at radius 2 is 1.70 bits per heavy atom. The van der Waals surface area contributed by atoms with Gasteiger partial charge in [-0.1, -0.05) is 48.5 Å². The third-order valence-corrected chi connectivity index (χ3v) is 4.64. The number of carbonyl (C=O) groups is 3. The van der Waals surface area contributed by atoms with E-state index in [1.807, 2.05) is 30.3 Å². The third-order valence-electron chi connectivity index (χ3n) is 4.64. The van der Waals surface area contributed by atoms with Gasteiger partial charge in [-0.05, 0) is 17.7 Å². The second kappa shape index (κ2) is 7.20. The third kappa shape index (κ3) is 3.41. The lowest BCUT2D eigenvalue weighted by atomic mass is 10.2. The molecule has 2 bridgehead atoms. The number of hydrogen-bond acceptors (Lipinski definition) is 5. The lowest BCUT2D eigenvalue weighted by Gasteiger charge is -2.32. The molecule has 0 N–H and O–H groups in total. The van der Waals surface area contributed by atoms with Gasteiger partial charge < -0.3 is 9.64 Å². The van der Waals surface area contributed by atoms with E-state index in [1.165, 1.54) is 4.90 Å². The van der Waals surface area contributed by atoms with Gasteiger partial charge in [0, 0.05) is 12.0 Å². The average Bonchev–Trinajstić information content (AvgIpc) is 3.09. The molecule has 2 aliphatic rings. The Hall–Kier alpha value is -3.19. The number of fused-ring (bicyclic) bond motifs is 2. The number of ether oxygens (including phenoxy) is 1. The van der Waals surface area contributed by atoms with Crippen molar-refractivity contribution in [2.45, 2.75) is 25.2 Å². The monoisotopic (exact) mass is 366 g/mol. The van der Waals surface area contributed by atoms with Gasteiger partial charge in [0.1, 0.15) is 18.8 Å². The van der Waals surface area contributed by atoms with Crippen molar-refractivity contribution < 1.29 is 24.0 Å². The SMILES string of the molecule is O=C(OCc1ccccc1)C1C[C@H]2CN1C(=O)N(C(=O)c1ccccc1)O2. The van der Waals surface area contributed by atoms with Gasteiger partial charge >= 0.3 is 12.0 Å². The lowest BCUT2D eigenvalue weighted by Crippen LogP contribution is -2.53. The number of benzene rings is 2. The average molecular weight is 366 g/mol. The quantitative estimate of drug-likeness (QED) is 0.777. The smallest absolute Gasteiger partial charge is 0.352 e. The fourth-order valence-electron chi connectivity index (χ4n) is 3.28. The molecule has 7 nitrogen and oxygen atoms in total. The Morgan fingerprint density at radius 3 is 2.41 bits per heavy atom. The summed E-state index contributed by atoms with van der Waals surface area (Å²) in [5, 5.41) is 0.744. The van der Waals surface area contributed by atoms with Crippen molar-refractivity contribution in [3.8, 4) is 0 Å². The van der Waals surface area contributed by atoms with E-state index in [0.717, 1.165) is 10.6 Å². The van der Waals surface area contributed by atoms with Crippen LogP contribution >= 0.6 is 0 Å². The first-order chi connectivity index (χ1) is 13.1. The number of carbonyl (C=O) groups excluding carboxylic acids is 3. The van der Waals surface area contributed by atoms with Gasteiger partial charge in [-0.3, -0.25) is 9.63 Å². The van der Waals surface area contributed by atoms with Crippen molar-refractivity contribution >= 4 is 17.9 Å². The van der Waals surface area contributed by atoms with Crippen molar-refractivity contribution in [1.82, 2.24) is 9.96 Å². The van der Waals surface area contributed by atoms with Crippen molar-refractivity contribution in [1.29, 1.82) is 0 Å². The maximum absolute atomic E-state index is 12.7. The van der Waals surface area contributed by atoms with E-state index in [1.54, 1.807) is 30.3 Å². The van der Waals surface area contributed by atoms with E-state index < -0.39 is 30.1 Å². The van der Waals surface area contributed by atoms with Crippen molar-refractivity contribution in [2.75, 3.05) is 6.54 Å². The van der Waals surface area contributed by atoms with Crippen LogP contribution in [-0.4, -0.2) is 46.6 Å². The molecule has 2 atom stereocenters. The molecule has 2 saturated heterocycles. The summed E-state index contributed by atoms with van der Waals surface area (Å²) >= 11 is 0. The van der Waals surface area contributed by atoms with Crippen LogP contribution in [0.2, 0.25) is 0 Å². The Morgan fingerprint density at radius 1 is 1.04 bits per heavy atom. The molecule has 3 amide bonds. The molecule has 2 heterocycles. The summed E-state index contributed by atoms with van der Waals surface area (Å²) in [6, 6.07) is 16.3. The highest BCUT2D eigenvalue weighted by Crippen LogP contribution is 2.30. The standard InChI is InChI=1S/C20H18N2O5/c23-18(15-9-5-2-6-10-15)22-20(25)21-12-16(27-22)11-17(21)19(24)26-13-14-7-3-1-4-8-14/h1-10,16-17H,11-13H2/t16-,17?/m0/s1. The first kappa shape index (κ1) is 17.2. The van der Waals surface area contributed by atoms with Crippen molar-refractivity contribution in [3.05, 3.63) is 71.8 Å². The Balaban J connectivity index is 1.44. The molecular formula is C20H18N2O5. The summed E-state index contributed by atoms with van der Waals surface area (Å²) in [5.74, 6) is -1.04. The first-order valence-corrected chi connectivity index (χ1v) is 8.71. The zero-order valence-corrected chi connectivity index (χ0v) is 14.5. The largest absolute Gasteiger partial charge is 0.459 e. The minimum absolute atomic E-state index is 0.135. The molecular weight excluding hydrogens is 348 g/mol. The van der Waals surface area contributed by atoms with Gasteiger partial charge in [0.05, 0.1) is 6.54 Å². The van der Waals surface area contributed by atoms with Gasteiger partial charge in [-0.2, -0.15) is 0 Å². The highest BCUT2D eigenvalue weighted by molar-refractivity contribution is 6.04. The minimum Gasteiger partial charge on any atom is -0.459 e. The van der Waals surface area contributed by atoms with Crippen LogP contribution in [-0.2, 0) is 21.0 Å². The van der Waals surface area contributed by atoms with Gasteiger partial charge in [0.25, 0.3) is 5.91 Å². The van der Waals surface area contributed by atoms with Crippen LogP contribution in [0.4, 0.5) is 4.79 Å². The van der Waals surface area contributed by atoms with Crippen LogP contribution in [0.3, 0.4) is 0 Å². The van der Waals surface area contributed by atoms with E-state index in [0.29, 0.717) is 12.0 Å². The first-order valence-electron chi connectivity index (χ1n) is 8.71. The van der Waals surface area contributed by atoms with Crippen LogP contribution in [0.5, 0.6) is 0 Å². The molecule has 2 aromatic rings. The number of imide groups is 1. The number of amides is 3. The van der Waals surface area contributed by atoms with Gasteiger partial charge in [0.15, 0.2) is 0 Å². The number of esters is 1. The van der Waals surface area contributed by atoms with Gasteiger partial charge in [-0.15, -0.1) is 5.06 Å². The molecule has 4 rings (SSSR count). The Bertz CT molecular complexity index is 855. The van der Waals surface area contributed by atoms with E-state index in [4.69, 9.17) is 9.57 Å². The lowest BCUT2D eigenvalue weighted by molar-refractivity contribution is -0.151. The summed E-state index contributed by atoms with van der Waals surface area (Å²) in [4.78, 5) is 44.6. The highest BCUT2D eigenvalue weighted by Gasteiger charge is 2.50. The number of hydrogen-bond donors (Lipinski definition) is 0. The molecule has 0 aliphatic carbocycles. The fraction of sp³-hybridized carbons (Fsp3) is 0.250. The molecule has 2 aliphatic heterocycles. The highest BCUT2D eigenvalue weighted by atomic mass is 16.7. The summed E-state index contributed by atoms with van der Waals surface area (Å²) in [6.07, 6.45) is -0.109. The van der Waals surface area contributed by atoms with Crippen LogP contribution < -0.4 is 0 Å². The van der Waals surface area contributed by atoms with Gasteiger partial charge in [-0.25, -0.2) is 9.59 Å². The summed E-state index contributed by atoms with van der Waals surface area (Å²) in [6.45, 7) is 0.402. The molecule has 138 valence electrons. The summed E-state index contributed by atoms with van der Waals surface area (Å²) in [5.41, 5.74) is 1.21. The molecule has 0 saturated carbocycles. The van der Waals surface area contributed by atoms with Crippen molar-refractivity contribution in [3.63, 3.8) is 0 Å². The van der Waals surface area contributed by atoms with E-state index in [9.17, 15) is 14.4 Å². The Labute approximate surface area is 156 Å². The number of rotatable bonds is 4. The van der Waals surface area contributed by atoms with E-state index in [-0.39, 0.29) is 13.2 Å². The topological polar surface area (TPSA) is 76.2 Å². The van der Waals surface area contributed by atoms with Crippen LogP contribution in [0.1, 0.15) is 22.3 Å². The second-order valence-corrected chi connectivity index (χ2v) is 6.47. The second-order valence-electron chi connectivity index (χ2n) is 6.47. The molecule has 2 aromatic carbocycles. The molecule has 1 unspecified atom stereocenters. The summed E-state index contributed by atoms with van der Waals surface area (Å²) in [7, 11) is 0. The zero-order chi connectivity index (χ0) is 18.8. The molecule has 2 fully saturated rings. The zero-order valence-electron chi connectivity index (χ0n) is 14.5. The van der Waals surface area contributed by atoms with E-state index >= 15 is 0 Å². The fourth-order valence-corrected chi connectivity index (χ4v) is 3.28. The molecule has 0 radical (unpaired) electrons. The van der Waals surface area contributed by atoms with Crippen LogP contribution in [0, 0.1) is 0 Å². The predicted molar refractivity (Wildman–Crippen MR) is 94.2 cm³/mol. The molecule has 7 heteroatoms. The predicted octanol–water partition coefficient (Wildman–Crippen LogP) is 2.38. The number of urea groups is 1. The molecule has 0 spiro atoms. The van der Waals surface area contributed by atoms with Crippen LogP contribution in [0.25, 0.3) is 0 Å². The number of hydroxylamine groups is 2. The summed E-state index contributed by atoms with van der Waals surface area (Å²) < 4.78 is 5.36. The molecule has 0 aromatic heterocycles. The minimum atomic E-state index is -0.750. The molecule has 27 heavy (non-hydrogen) atoms. The maximum atomic E-state index is 12.7. The van der Waals surface area contributed by atoms with E-state index in [2.05, 4.69) is 0 Å². The van der Waals surface area contributed by atoms with Crippen molar-refractivity contribution in [2.24, 2.45) is 0 Å². The number of nitrogens with zero attached hydrogens (tertiary/aromatic N) is 2. The Kier molecular flexibility index (Phi) is 4.60.